The Kier molecular flexibility index (Phi) is 3.99. The molecular weight excluding hydrogens is 334 g/mol. The van der Waals surface area contributed by atoms with Gasteiger partial charge in [-0.2, -0.15) is 5.10 Å². The number of amides is 1. The van der Waals surface area contributed by atoms with Crippen LogP contribution in [-0.2, 0) is 4.74 Å². The first-order chi connectivity index (χ1) is 10.0. The maximum absolute atomic E-state index is 11.8. The first-order valence-electron chi connectivity index (χ1n) is 7.66. The van der Waals surface area contributed by atoms with E-state index >= 15 is 0 Å². The minimum Gasteiger partial charge on any atom is -0.449 e. The third kappa shape index (κ3) is 2.82. The Labute approximate surface area is 133 Å². The molecule has 1 aliphatic heterocycles. The average Bonchev–Trinajstić information content (AvgIpc) is 2.65. The van der Waals surface area contributed by atoms with Crippen molar-refractivity contribution in [1.29, 1.82) is 0 Å². The predicted molar refractivity (Wildman–Crippen MR) is 83.2 cm³/mol. The van der Waals surface area contributed by atoms with Gasteiger partial charge in [0.15, 0.2) is 0 Å². The number of rotatable bonds is 4. The molecule has 0 unspecified atom stereocenters. The lowest BCUT2D eigenvalue weighted by Crippen LogP contribution is -2.64. The fourth-order valence-electron chi connectivity index (χ4n) is 3.48. The molecule has 116 valence electrons. The molecule has 0 radical (unpaired) electrons. The van der Waals surface area contributed by atoms with Gasteiger partial charge in [-0.3, -0.25) is 4.68 Å². The van der Waals surface area contributed by atoms with Crippen molar-refractivity contribution in [2.24, 2.45) is 5.41 Å². The van der Waals surface area contributed by atoms with Crippen LogP contribution in [0.2, 0.25) is 0 Å². The zero-order chi connectivity index (χ0) is 15.0. The first kappa shape index (κ1) is 14.9. The monoisotopic (exact) mass is 355 g/mol. The second kappa shape index (κ2) is 5.63. The van der Waals surface area contributed by atoms with Crippen LogP contribution in [0.15, 0.2) is 10.7 Å². The van der Waals surface area contributed by atoms with Crippen molar-refractivity contribution in [3.05, 3.63) is 16.4 Å². The summed E-state index contributed by atoms with van der Waals surface area (Å²) in [5.74, 6) is 0. The third-order valence-electron chi connectivity index (χ3n) is 4.61. The van der Waals surface area contributed by atoms with Crippen molar-refractivity contribution in [3.8, 4) is 0 Å². The Bertz CT molecular complexity index is 529. The number of hydrogen-bond donors (Lipinski definition) is 0. The van der Waals surface area contributed by atoms with Crippen LogP contribution < -0.4 is 0 Å². The Morgan fingerprint density at radius 3 is 2.81 bits per heavy atom. The standard InChI is InChI=1S/C15H22BrN3O2/c1-3-4-5-21-14(20)18-9-15(10-18)7-12(8-15)19-11(2)6-13(16)17-19/h6,12H,3-5,7-10H2,1-2H3. The molecule has 2 heterocycles. The van der Waals surface area contributed by atoms with Gasteiger partial charge in [-0.25, -0.2) is 4.79 Å². The van der Waals surface area contributed by atoms with Crippen molar-refractivity contribution in [3.63, 3.8) is 0 Å². The molecule has 1 aliphatic carbocycles. The fourth-order valence-corrected chi connectivity index (χ4v) is 3.98. The van der Waals surface area contributed by atoms with Gasteiger partial charge in [0.25, 0.3) is 0 Å². The maximum Gasteiger partial charge on any atom is 0.409 e. The molecule has 0 aromatic carbocycles. The molecule has 3 rings (SSSR count). The van der Waals surface area contributed by atoms with E-state index in [0.29, 0.717) is 18.1 Å². The molecule has 2 fully saturated rings. The molecule has 2 aliphatic rings. The van der Waals surface area contributed by atoms with E-state index in [9.17, 15) is 4.79 Å². The van der Waals surface area contributed by atoms with E-state index in [1.54, 1.807) is 0 Å². The van der Waals surface area contributed by atoms with Crippen molar-refractivity contribution in [2.45, 2.75) is 45.6 Å². The summed E-state index contributed by atoms with van der Waals surface area (Å²) in [6, 6.07) is 2.53. The smallest absolute Gasteiger partial charge is 0.409 e. The van der Waals surface area contributed by atoms with Crippen LogP contribution in [0, 0.1) is 12.3 Å². The summed E-state index contributed by atoms with van der Waals surface area (Å²) < 4.78 is 8.25. The largest absolute Gasteiger partial charge is 0.449 e. The minimum atomic E-state index is -0.143. The second-order valence-electron chi connectivity index (χ2n) is 6.44. The highest BCUT2D eigenvalue weighted by molar-refractivity contribution is 9.10. The number of nitrogens with zero attached hydrogens (tertiary/aromatic N) is 3. The van der Waals surface area contributed by atoms with E-state index in [4.69, 9.17) is 4.74 Å². The summed E-state index contributed by atoms with van der Waals surface area (Å²) in [6.45, 7) is 6.41. The minimum absolute atomic E-state index is 0.143. The molecule has 1 saturated heterocycles. The van der Waals surface area contributed by atoms with Gasteiger partial charge in [-0.05, 0) is 48.2 Å². The summed E-state index contributed by atoms with van der Waals surface area (Å²) in [5.41, 5.74) is 1.51. The lowest BCUT2D eigenvalue weighted by molar-refractivity contribution is -0.0826. The van der Waals surface area contributed by atoms with Gasteiger partial charge < -0.3 is 9.64 Å². The van der Waals surface area contributed by atoms with Gasteiger partial charge in [0.1, 0.15) is 4.60 Å². The lowest BCUT2D eigenvalue weighted by Gasteiger charge is -2.58. The van der Waals surface area contributed by atoms with Gasteiger partial charge >= 0.3 is 6.09 Å². The van der Waals surface area contributed by atoms with E-state index in [-0.39, 0.29) is 6.09 Å². The second-order valence-corrected chi connectivity index (χ2v) is 7.25. The van der Waals surface area contributed by atoms with Crippen LogP contribution >= 0.6 is 15.9 Å². The number of unbranched alkanes of at least 4 members (excludes halogenated alkanes) is 1. The molecule has 1 amide bonds. The number of carbonyl (C=O) groups is 1. The molecular formula is C15H22BrN3O2. The summed E-state index contributed by atoms with van der Waals surface area (Å²) >= 11 is 3.42. The number of hydrogen-bond acceptors (Lipinski definition) is 3. The Morgan fingerprint density at radius 2 is 2.24 bits per heavy atom. The van der Waals surface area contributed by atoms with E-state index in [0.717, 1.165) is 43.4 Å². The fraction of sp³-hybridized carbons (Fsp3) is 0.733. The average molecular weight is 356 g/mol. The molecule has 21 heavy (non-hydrogen) atoms. The summed E-state index contributed by atoms with van der Waals surface area (Å²) in [6.07, 6.45) is 4.08. The zero-order valence-corrected chi connectivity index (χ0v) is 14.2. The molecule has 1 aromatic rings. The van der Waals surface area contributed by atoms with Gasteiger partial charge in [-0.15, -0.1) is 0 Å². The van der Waals surface area contributed by atoms with Crippen LogP contribution in [0.1, 0.15) is 44.3 Å². The van der Waals surface area contributed by atoms with Crippen molar-refractivity contribution in [2.75, 3.05) is 19.7 Å². The summed E-state index contributed by atoms with van der Waals surface area (Å²) in [4.78, 5) is 13.6. The third-order valence-corrected chi connectivity index (χ3v) is 5.00. The highest BCUT2D eigenvalue weighted by Crippen LogP contribution is 2.54. The topological polar surface area (TPSA) is 47.4 Å². The van der Waals surface area contributed by atoms with Crippen LogP contribution in [-0.4, -0.2) is 40.5 Å². The quantitative estimate of drug-likeness (QED) is 0.776. The van der Waals surface area contributed by atoms with E-state index in [1.807, 2.05) is 11.0 Å². The van der Waals surface area contributed by atoms with Crippen LogP contribution in [0.3, 0.4) is 0 Å². The molecule has 6 heteroatoms. The lowest BCUT2D eigenvalue weighted by atomic mass is 9.61. The normalized spacial score (nSPS) is 20.2. The zero-order valence-electron chi connectivity index (χ0n) is 12.6. The molecule has 1 saturated carbocycles. The van der Waals surface area contributed by atoms with E-state index in [1.165, 1.54) is 5.69 Å². The molecule has 1 spiro atoms. The highest BCUT2D eigenvalue weighted by Gasteiger charge is 2.55. The number of aromatic nitrogens is 2. The van der Waals surface area contributed by atoms with Crippen molar-refractivity contribution in [1.82, 2.24) is 14.7 Å². The van der Waals surface area contributed by atoms with Gasteiger partial charge in [0, 0.05) is 24.2 Å². The Balaban J connectivity index is 1.45. The molecule has 0 N–H and O–H groups in total. The summed E-state index contributed by atoms with van der Waals surface area (Å²) in [5, 5.41) is 4.49. The highest BCUT2D eigenvalue weighted by atomic mass is 79.9. The van der Waals surface area contributed by atoms with E-state index in [2.05, 4.69) is 39.6 Å². The van der Waals surface area contributed by atoms with Crippen LogP contribution in [0.25, 0.3) is 0 Å². The van der Waals surface area contributed by atoms with Crippen LogP contribution in [0.4, 0.5) is 4.79 Å². The molecule has 5 nitrogen and oxygen atoms in total. The molecule has 0 bridgehead atoms. The molecule has 0 atom stereocenters. The van der Waals surface area contributed by atoms with Gasteiger partial charge in [-0.1, -0.05) is 13.3 Å². The number of halogens is 1. The number of carbonyl (C=O) groups excluding carboxylic acids is 1. The van der Waals surface area contributed by atoms with Crippen LogP contribution in [0.5, 0.6) is 0 Å². The van der Waals surface area contributed by atoms with Gasteiger partial charge in [0.2, 0.25) is 0 Å². The SMILES string of the molecule is CCCCOC(=O)N1CC2(CC(n3nc(Br)cc3C)C2)C1. The van der Waals surface area contributed by atoms with E-state index < -0.39 is 0 Å². The Hall–Kier alpha value is -1.04. The van der Waals surface area contributed by atoms with Crippen molar-refractivity contribution >= 4 is 22.0 Å². The first-order valence-corrected chi connectivity index (χ1v) is 8.46. The number of aryl methyl sites for hydroxylation is 1. The Morgan fingerprint density at radius 1 is 1.52 bits per heavy atom. The number of ether oxygens (including phenoxy) is 1. The van der Waals surface area contributed by atoms with Gasteiger partial charge in [0.05, 0.1) is 12.6 Å². The predicted octanol–water partition coefficient (Wildman–Crippen LogP) is 3.53. The maximum atomic E-state index is 11.8. The summed E-state index contributed by atoms with van der Waals surface area (Å²) in [7, 11) is 0. The number of likely N-dealkylation sites (tertiary alicyclic amines) is 1. The molecule has 1 aromatic heterocycles. The van der Waals surface area contributed by atoms with Crippen molar-refractivity contribution < 1.29 is 9.53 Å².